The number of rotatable bonds is 5. The van der Waals surface area contributed by atoms with Crippen LogP contribution < -0.4 is 9.64 Å². The fraction of sp³-hybridized carbons (Fsp3) is 0.273. The Hall–Kier alpha value is -2.72. The molecule has 1 aromatic heterocycles. The molecule has 2 aromatic carbocycles. The largest absolute Gasteiger partial charge is 0.494 e. The molecule has 0 unspecified atom stereocenters. The lowest BCUT2D eigenvalue weighted by atomic mass is 10.2. The molecular weight excluding hydrogens is 324 g/mol. The summed E-state index contributed by atoms with van der Waals surface area (Å²) in [7, 11) is 0. The molecule has 0 bridgehead atoms. The van der Waals surface area contributed by atoms with Gasteiger partial charge >= 0.3 is 0 Å². The summed E-state index contributed by atoms with van der Waals surface area (Å²) in [6.07, 6.45) is 4.19. The summed E-state index contributed by atoms with van der Waals surface area (Å²) in [5, 5.41) is 0. The summed E-state index contributed by atoms with van der Waals surface area (Å²) < 4.78 is 13.7. The smallest absolute Gasteiger partial charge is 0.158 e. The number of hydrogen-bond acceptors (Lipinski definition) is 3. The van der Waals surface area contributed by atoms with Crippen molar-refractivity contribution in [3.05, 3.63) is 78.1 Å². The van der Waals surface area contributed by atoms with E-state index in [1.54, 1.807) is 0 Å². The van der Waals surface area contributed by atoms with Crippen LogP contribution in [0.1, 0.15) is 24.3 Å². The van der Waals surface area contributed by atoms with Crippen molar-refractivity contribution in [2.75, 3.05) is 24.7 Å². The summed E-state index contributed by atoms with van der Waals surface area (Å²) in [5.74, 6) is 0.897. The highest BCUT2D eigenvalue weighted by Gasteiger charge is 2.27. The van der Waals surface area contributed by atoms with E-state index in [1.165, 1.54) is 11.3 Å². The third-order valence-corrected chi connectivity index (χ3v) is 4.70. The zero-order valence-electron chi connectivity index (χ0n) is 15.3. The SMILES string of the molecule is CCOc1ccc(-n2ccc([C@@H]3OCCN3c3ccc(C)cc3)c2)cc1. The predicted molar refractivity (Wildman–Crippen MR) is 104 cm³/mol. The minimum absolute atomic E-state index is 0.0401. The second-order valence-corrected chi connectivity index (χ2v) is 6.53. The van der Waals surface area contributed by atoms with E-state index in [2.05, 4.69) is 71.2 Å². The first-order valence-corrected chi connectivity index (χ1v) is 9.10. The fourth-order valence-electron chi connectivity index (χ4n) is 3.35. The van der Waals surface area contributed by atoms with Crippen molar-refractivity contribution in [1.82, 2.24) is 4.57 Å². The molecule has 3 aromatic rings. The summed E-state index contributed by atoms with van der Waals surface area (Å²) in [6, 6.07) is 18.9. The molecule has 1 fully saturated rings. The number of nitrogens with zero attached hydrogens (tertiary/aromatic N) is 2. The highest BCUT2D eigenvalue weighted by atomic mass is 16.5. The van der Waals surface area contributed by atoms with E-state index >= 15 is 0 Å². The highest BCUT2D eigenvalue weighted by Crippen LogP contribution is 2.33. The van der Waals surface area contributed by atoms with Gasteiger partial charge in [-0.3, -0.25) is 0 Å². The average Bonchev–Trinajstić information content (AvgIpc) is 3.32. The van der Waals surface area contributed by atoms with Crippen LogP contribution in [0, 0.1) is 6.92 Å². The van der Waals surface area contributed by atoms with Crippen LogP contribution in [0.4, 0.5) is 5.69 Å². The lowest BCUT2D eigenvalue weighted by molar-refractivity contribution is 0.114. The molecule has 26 heavy (non-hydrogen) atoms. The molecule has 1 aliphatic heterocycles. The molecule has 0 amide bonds. The Balaban J connectivity index is 1.55. The van der Waals surface area contributed by atoms with Crippen LogP contribution in [0.2, 0.25) is 0 Å². The number of hydrogen-bond donors (Lipinski definition) is 0. The number of aromatic nitrogens is 1. The van der Waals surface area contributed by atoms with Gasteiger partial charge in [-0.2, -0.15) is 0 Å². The molecule has 0 radical (unpaired) electrons. The van der Waals surface area contributed by atoms with Crippen molar-refractivity contribution in [2.45, 2.75) is 20.1 Å². The van der Waals surface area contributed by atoms with E-state index in [0.717, 1.165) is 30.2 Å². The Kier molecular flexibility index (Phi) is 4.67. The van der Waals surface area contributed by atoms with Crippen LogP contribution in [-0.4, -0.2) is 24.3 Å². The lowest BCUT2D eigenvalue weighted by Gasteiger charge is -2.24. The van der Waals surface area contributed by atoms with Crippen LogP contribution in [-0.2, 0) is 4.74 Å². The number of aryl methyl sites for hydroxylation is 1. The zero-order chi connectivity index (χ0) is 17.9. The van der Waals surface area contributed by atoms with E-state index in [1.807, 2.05) is 19.1 Å². The van der Waals surface area contributed by atoms with Gasteiger partial charge in [0, 0.05) is 35.9 Å². The van der Waals surface area contributed by atoms with E-state index in [-0.39, 0.29) is 6.23 Å². The predicted octanol–water partition coefficient (Wildman–Crippen LogP) is 4.72. The molecule has 1 atom stereocenters. The summed E-state index contributed by atoms with van der Waals surface area (Å²) in [6.45, 7) is 6.43. The highest BCUT2D eigenvalue weighted by molar-refractivity contribution is 5.50. The van der Waals surface area contributed by atoms with E-state index in [9.17, 15) is 0 Å². The van der Waals surface area contributed by atoms with Crippen molar-refractivity contribution >= 4 is 5.69 Å². The Labute approximate surface area is 154 Å². The van der Waals surface area contributed by atoms with Gasteiger partial charge in [-0.1, -0.05) is 17.7 Å². The molecule has 134 valence electrons. The van der Waals surface area contributed by atoms with E-state index in [0.29, 0.717) is 6.61 Å². The van der Waals surface area contributed by atoms with Crippen molar-refractivity contribution in [3.63, 3.8) is 0 Å². The second kappa shape index (κ2) is 7.26. The third-order valence-electron chi connectivity index (χ3n) is 4.70. The first-order valence-electron chi connectivity index (χ1n) is 9.10. The summed E-state index contributed by atoms with van der Waals surface area (Å²) in [5.41, 5.74) is 4.75. The number of benzene rings is 2. The van der Waals surface area contributed by atoms with Crippen molar-refractivity contribution < 1.29 is 9.47 Å². The maximum Gasteiger partial charge on any atom is 0.158 e. The average molecular weight is 348 g/mol. The molecule has 4 nitrogen and oxygen atoms in total. The van der Waals surface area contributed by atoms with E-state index in [4.69, 9.17) is 9.47 Å². The number of ether oxygens (including phenoxy) is 2. The lowest BCUT2D eigenvalue weighted by Crippen LogP contribution is -2.22. The normalized spacial score (nSPS) is 16.8. The molecule has 0 aliphatic carbocycles. The second-order valence-electron chi connectivity index (χ2n) is 6.53. The first-order chi connectivity index (χ1) is 12.7. The van der Waals surface area contributed by atoms with Crippen LogP contribution in [0.5, 0.6) is 5.75 Å². The summed E-state index contributed by atoms with van der Waals surface area (Å²) in [4.78, 5) is 2.32. The first kappa shape index (κ1) is 16.7. The molecule has 2 heterocycles. The Bertz CT molecular complexity index is 853. The minimum atomic E-state index is -0.0401. The van der Waals surface area contributed by atoms with Gasteiger partial charge in [0.05, 0.1) is 13.2 Å². The molecule has 4 heteroatoms. The van der Waals surface area contributed by atoms with Crippen molar-refractivity contribution in [1.29, 1.82) is 0 Å². The topological polar surface area (TPSA) is 26.6 Å². The maximum atomic E-state index is 6.03. The van der Waals surface area contributed by atoms with Crippen LogP contribution in [0.3, 0.4) is 0 Å². The van der Waals surface area contributed by atoms with E-state index < -0.39 is 0 Å². The quantitative estimate of drug-likeness (QED) is 0.667. The van der Waals surface area contributed by atoms with Gasteiger partial charge < -0.3 is 18.9 Å². The molecule has 0 saturated carbocycles. The van der Waals surface area contributed by atoms with Gasteiger partial charge in [0.1, 0.15) is 5.75 Å². The zero-order valence-corrected chi connectivity index (χ0v) is 15.3. The standard InChI is InChI=1S/C22H24N2O2/c1-3-25-21-10-8-19(9-11-21)23-13-12-18(16-23)22-24(14-15-26-22)20-6-4-17(2)5-7-20/h4-13,16,22H,3,14-15H2,1-2H3/t22-/m0/s1. The van der Waals surface area contributed by atoms with Gasteiger partial charge in [0.2, 0.25) is 0 Å². The number of anilines is 1. The third kappa shape index (κ3) is 3.33. The molecule has 1 saturated heterocycles. The van der Waals surface area contributed by atoms with Gasteiger partial charge in [0.15, 0.2) is 6.23 Å². The molecule has 0 spiro atoms. The Morgan fingerprint density at radius 2 is 1.73 bits per heavy atom. The Morgan fingerprint density at radius 3 is 2.46 bits per heavy atom. The monoisotopic (exact) mass is 348 g/mol. The molecule has 1 aliphatic rings. The minimum Gasteiger partial charge on any atom is -0.494 e. The fourth-order valence-corrected chi connectivity index (χ4v) is 3.35. The van der Waals surface area contributed by atoms with Crippen molar-refractivity contribution in [2.24, 2.45) is 0 Å². The van der Waals surface area contributed by atoms with Crippen LogP contribution >= 0.6 is 0 Å². The molecule has 4 rings (SSSR count). The maximum absolute atomic E-state index is 6.03. The Morgan fingerprint density at radius 1 is 1.00 bits per heavy atom. The van der Waals surface area contributed by atoms with Gasteiger partial charge in [-0.15, -0.1) is 0 Å². The summed E-state index contributed by atoms with van der Waals surface area (Å²) >= 11 is 0. The van der Waals surface area contributed by atoms with Gasteiger partial charge in [-0.25, -0.2) is 0 Å². The van der Waals surface area contributed by atoms with Gasteiger partial charge in [0.25, 0.3) is 0 Å². The molecule has 0 N–H and O–H groups in total. The van der Waals surface area contributed by atoms with Crippen LogP contribution in [0.15, 0.2) is 67.0 Å². The van der Waals surface area contributed by atoms with Crippen molar-refractivity contribution in [3.8, 4) is 11.4 Å². The van der Waals surface area contributed by atoms with Gasteiger partial charge in [-0.05, 0) is 56.3 Å². The molecular formula is C22H24N2O2. The van der Waals surface area contributed by atoms with Crippen LogP contribution in [0.25, 0.3) is 5.69 Å².